The van der Waals surface area contributed by atoms with Gasteiger partial charge < -0.3 is 10.3 Å². The summed E-state index contributed by atoms with van der Waals surface area (Å²) in [5.41, 5.74) is 8.53. The summed E-state index contributed by atoms with van der Waals surface area (Å²) in [5.74, 6) is -0.431. The molecule has 2 aromatic heterocycles. The lowest BCUT2D eigenvalue weighted by Gasteiger charge is -2.03. The zero-order valence-corrected chi connectivity index (χ0v) is 10.4. The highest BCUT2D eigenvalue weighted by Crippen LogP contribution is 2.24. The first-order valence-electron chi connectivity index (χ1n) is 5.82. The van der Waals surface area contributed by atoms with Crippen molar-refractivity contribution < 1.29 is 4.79 Å². The van der Waals surface area contributed by atoms with Crippen LogP contribution in [0, 0.1) is 0 Å². The first-order chi connectivity index (χ1) is 9.16. The van der Waals surface area contributed by atoms with E-state index in [0.717, 1.165) is 22.2 Å². The van der Waals surface area contributed by atoms with E-state index in [0.29, 0.717) is 5.69 Å². The molecule has 0 atom stereocenters. The van der Waals surface area contributed by atoms with Crippen molar-refractivity contribution in [2.24, 2.45) is 12.8 Å². The molecule has 2 N–H and O–H groups in total. The van der Waals surface area contributed by atoms with Crippen molar-refractivity contribution in [3.05, 3.63) is 48.5 Å². The number of aromatic nitrogens is 3. The average molecular weight is 252 g/mol. The summed E-state index contributed by atoms with van der Waals surface area (Å²) in [6.07, 6.45) is 4.99. The van der Waals surface area contributed by atoms with E-state index in [1.165, 1.54) is 0 Å². The van der Waals surface area contributed by atoms with Gasteiger partial charge in [-0.2, -0.15) is 0 Å². The van der Waals surface area contributed by atoms with E-state index in [1.54, 1.807) is 29.2 Å². The molecule has 3 rings (SSSR count). The molecule has 19 heavy (non-hydrogen) atoms. The molecule has 1 aromatic carbocycles. The molecule has 0 fully saturated rings. The number of hydrogen-bond donors (Lipinski definition) is 1. The predicted octanol–water partition coefficient (Wildman–Crippen LogP) is 1.73. The van der Waals surface area contributed by atoms with Crippen LogP contribution in [0.4, 0.5) is 0 Å². The number of carbonyl (C=O) groups is 1. The molecule has 0 saturated heterocycles. The quantitative estimate of drug-likeness (QED) is 0.754. The monoisotopic (exact) mass is 252 g/mol. The van der Waals surface area contributed by atoms with E-state index in [-0.39, 0.29) is 0 Å². The maximum absolute atomic E-state index is 11.3. The SMILES string of the molecule is Cn1c(C(N)=O)cc2ccc(-c3cnccn3)cc21. The largest absolute Gasteiger partial charge is 0.364 e. The van der Waals surface area contributed by atoms with Gasteiger partial charge in [-0.15, -0.1) is 0 Å². The summed E-state index contributed by atoms with van der Waals surface area (Å²) in [6.45, 7) is 0. The van der Waals surface area contributed by atoms with Crippen LogP contribution in [0.5, 0.6) is 0 Å². The second-order valence-electron chi connectivity index (χ2n) is 4.32. The number of primary amides is 1. The molecule has 5 heteroatoms. The Morgan fingerprint density at radius 3 is 2.79 bits per heavy atom. The van der Waals surface area contributed by atoms with Crippen LogP contribution >= 0.6 is 0 Å². The number of hydrogen-bond acceptors (Lipinski definition) is 3. The first-order valence-corrected chi connectivity index (χ1v) is 5.82. The molecule has 94 valence electrons. The zero-order chi connectivity index (χ0) is 13.4. The Morgan fingerprint density at radius 1 is 1.26 bits per heavy atom. The van der Waals surface area contributed by atoms with Crippen molar-refractivity contribution >= 4 is 16.8 Å². The highest BCUT2D eigenvalue weighted by molar-refractivity contribution is 5.98. The standard InChI is InChI=1S/C14H12N4O/c1-18-12-6-9(11-8-16-4-5-17-11)2-3-10(12)7-13(18)14(15)19/h2-8H,1H3,(H2,15,19). The minimum absolute atomic E-state index is 0.431. The van der Waals surface area contributed by atoms with Crippen LogP contribution in [-0.4, -0.2) is 20.4 Å². The van der Waals surface area contributed by atoms with Gasteiger partial charge in [0.15, 0.2) is 0 Å². The lowest BCUT2D eigenvalue weighted by Crippen LogP contribution is -2.14. The minimum atomic E-state index is -0.431. The molecule has 0 aliphatic rings. The Balaban J connectivity index is 2.21. The summed E-state index contributed by atoms with van der Waals surface area (Å²) in [7, 11) is 1.82. The molecular formula is C14H12N4O. The lowest BCUT2D eigenvalue weighted by molar-refractivity contribution is 0.0993. The van der Waals surface area contributed by atoms with Crippen molar-refractivity contribution in [2.45, 2.75) is 0 Å². The minimum Gasteiger partial charge on any atom is -0.364 e. The number of rotatable bonds is 2. The molecule has 0 unspecified atom stereocenters. The maximum Gasteiger partial charge on any atom is 0.265 e. The Morgan fingerprint density at radius 2 is 2.11 bits per heavy atom. The van der Waals surface area contributed by atoms with Crippen LogP contribution in [0.25, 0.3) is 22.2 Å². The van der Waals surface area contributed by atoms with Gasteiger partial charge in [0.2, 0.25) is 0 Å². The fraction of sp³-hybridized carbons (Fsp3) is 0.0714. The van der Waals surface area contributed by atoms with Crippen LogP contribution in [0.3, 0.4) is 0 Å². The second-order valence-corrected chi connectivity index (χ2v) is 4.32. The van der Waals surface area contributed by atoms with Gasteiger partial charge in [-0.1, -0.05) is 12.1 Å². The number of nitrogens with two attached hydrogens (primary N) is 1. The van der Waals surface area contributed by atoms with Gasteiger partial charge in [-0.05, 0) is 12.1 Å². The molecule has 0 saturated carbocycles. The highest BCUT2D eigenvalue weighted by Gasteiger charge is 2.11. The molecular weight excluding hydrogens is 240 g/mol. The molecule has 3 aromatic rings. The molecule has 1 amide bonds. The van der Waals surface area contributed by atoms with E-state index in [4.69, 9.17) is 5.73 Å². The van der Waals surface area contributed by atoms with E-state index >= 15 is 0 Å². The Labute approximate surface area is 109 Å². The molecule has 0 aliphatic heterocycles. The number of aryl methyl sites for hydroxylation is 1. The average Bonchev–Trinajstić information content (AvgIpc) is 2.77. The third-order valence-corrected chi connectivity index (χ3v) is 3.16. The fourth-order valence-electron chi connectivity index (χ4n) is 2.17. The number of nitrogens with zero attached hydrogens (tertiary/aromatic N) is 3. The van der Waals surface area contributed by atoms with Gasteiger partial charge in [0.25, 0.3) is 5.91 Å². The van der Waals surface area contributed by atoms with E-state index in [9.17, 15) is 4.79 Å². The fourth-order valence-corrected chi connectivity index (χ4v) is 2.17. The normalized spacial score (nSPS) is 10.8. The van der Waals surface area contributed by atoms with Crippen molar-refractivity contribution in [3.63, 3.8) is 0 Å². The molecule has 2 heterocycles. The van der Waals surface area contributed by atoms with Crippen molar-refractivity contribution in [3.8, 4) is 11.3 Å². The smallest absolute Gasteiger partial charge is 0.265 e. The van der Waals surface area contributed by atoms with Gasteiger partial charge in [0.05, 0.1) is 11.9 Å². The third-order valence-electron chi connectivity index (χ3n) is 3.16. The van der Waals surface area contributed by atoms with Crippen LogP contribution < -0.4 is 5.73 Å². The topological polar surface area (TPSA) is 73.8 Å². The Kier molecular flexibility index (Phi) is 2.52. The van der Waals surface area contributed by atoms with Crippen LogP contribution in [0.1, 0.15) is 10.5 Å². The summed E-state index contributed by atoms with van der Waals surface area (Å²) in [5, 5.41) is 0.976. The molecule has 0 bridgehead atoms. The Hall–Kier alpha value is -2.69. The van der Waals surface area contributed by atoms with Crippen LogP contribution in [0.2, 0.25) is 0 Å². The van der Waals surface area contributed by atoms with E-state index in [1.807, 2.05) is 25.2 Å². The van der Waals surface area contributed by atoms with E-state index in [2.05, 4.69) is 9.97 Å². The maximum atomic E-state index is 11.3. The van der Waals surface area contributed by atoms with Crippen molar-refractivity contribution in [1.29, 1.82) is 0 Å². The first kappa shape index (κ1) is 11.4. The summed E-state index contributed by atoms with van der Waals surface area (Å²) >= 11 is 0. The number of benzene rings is 1. The highest BCUT2D eigenvalue weighted by atomic mass is 16.1. The van der Waals surface area contributed by atoms with Crippen LogP contribution in [-0.2, 0) is 7.05 Å². The van der Waals surface area contributed by atoms with Gasteiger partial charge in [-0.3, -0.25) is 14.8 Å². The van der Waals surface area contributed by atoms with Crippen molar-refractivity contribution in [1.82, 2.24) is 14.5 Å². The number of amides is 1. The molecule has 0 radical (unpaired) electrons. The van der Waals surface area contributed by atoms with Gasteiger partial charge in [0.1, 0.15) is 5.69 Å². The second kappa shape index (κ2) is 4.20. The zero-order valence-electron chi connectivity index (χ0n) is 10.4. The van der Waals surface area contributed by atoms with Gasteiger partial charge in [-0.25, -0.2) is 0 Å². The number of carbonyl (C=O) groups excluding carboxylic acids is 1. The van der Waals surface area contributed by atoms with Crippen LogP contribution in [0.15, 0.2) is 42.9 Å². The Bertz CT molecular complexity index is 762. The van der Waals surface area contributed by atoms with Gasteiger partial charge >= 0.3 is 0 Å². The van der Waals surface area contributed by atoms with E-state index < -0.39 is 5.91 Å². The summed E-state index contributed by atoms with van der Waals surface area (Å²) in [6, 6.07) is 7.67. The molecule has 0 aliphatic carbocycles. The predicted molar refractivity (Wildman–Crippen MR) is 72.5 cm³/mol. The number of fused-ring (bicyclic) bond motifs is 1. The molecule has 0 spiro atoms. The summed E-state index contributed by atoms with van der Waals surface area (Å²) in [4.78, 5) is 19.6. The van der Waals surface area contributed by atoms with Crippen molar-refractivity contribution in [2.75, 3.05) is 0 Å². The van der Waals surface area contributed by atoms with Gasteiger partial charge in [0, 0.05) is 35.9 Å². The third kappa shape index (κ3) is 1.85. The lowest BCUT2D eigenvalue weighted by atomic mass is 10.1. The summed E-state index contributed by atoms with van der Waals surface area (Å²) < 4.78 is 1.79. The molecule has 5 nitrogen and oxygen atoms in total.